The van der Waals surface area contributed by atoms with Gasteiger partial charge in [0, 0.05) is 43.2 Å². The zero-order valence-electron chi connectivity index (χ0n) is 15.7. The number of benzene rings is 1. The van der Waals surface area contributed by atoms with Crippen molar-refractivity contribution in [1.29, 1.82) is 0 Å². The smallest absolute Gasteiger partial charge is 0.245 e. The first kappa shape index (κ1) is 17.8. The van der Waals surface area contributed by atoms with Crippen LogP contribution in [0.3, 0.4) is 0 Å². The molecule has 0 saturated carbocycles. The van der Waals surface area contributed by atoms with Crippen LogP contribution in [0.4, 0.5) is 0 Å². The standard InChI is InChI=1S/C21H26N4O2/c1-15(25-11-5-8-19(25)26)21(27)24-12-9-17(10-13-24)20-18(14-22-23-20)16-6-3-2-4-7-16/h2-4,6-7,14-15,17H,5,8-13H2,1H3,(H,22,23). The summed E-state index contributed by atoms with van der Waals surface area (Å²) in [6.07, 6.45) is 5.15. The van der Waals surface area contributed by atoms with Crippen LogP contribution < -0.4 is 0 Å². The molecule has 0 radical (unpaired) electrons. The monoisotopic (exact) mass is 366 g/mol. The number of aromatic nitrogens is 2. The lowest BCUT2D eigenvalue weighted by Crippen LogP contribution is -2.49. The van der Waals surface area contributed by atoms with Gasteiger partial charge in [-0.25, -0.2) is 0 Å². The van der Waals surface area contributed by atoms with Gasteiger partial charge in [-0.1, -0.05) is 30.3 Å². The molecule has 2 fully saturated rings. The summed E-state index contributed by atoms with van der Waals surface area (Å²) in [5, 5.41) is 7.45. The highest BCUT2D eigenvalue weighted by molar-refractivity contribution is 5.88. The molecule has 6 heteroatoms. The topological polar surface area (TPSA) is 69.3 Å². The van der Waals surface area contributed by atoms with E-state index < -0.39 is 0 Å². The third-order valence-corrected chi connectivity index (χ3v) is 5.90. The van der Waals surface area contributed by atoms with Crippen LogP contribution >= 0.6 is 0 Å². The molecular weight excluding hydrogens is 340 g/mol. The van der Waals surface area contributed by atoms with Crippen molar-refractivity contribution in [2.45, 2.75) is 44.6 Å². The van der Waals surface area contributed by atoms with Crippen LogP contribution in [0.5, 0.6) is 0 Å². The lowest BCUT2D eigenvalue weighted by Gasteiger charge is -2.35. The van der Waals surface area contributed by atoms with Crippen LogP contribution in [-0.4, -0.2) is 57.5 Å². The SMILES string of the molecule is CC(C(=O)N1CCC(c2[nH]ncc2-c2ccccc2)CC1)N1CCCC1=O. The first-order chi connectivity index (χ1) is 13.1. The van der Waals surface area contributed by atoms with Gasteiger partial charge in [-0.3, -0.25) is 14.7 Å². The van der Waals surface area contributed by atoms with E-state index in [-0.39, 0.29) is 17.9 Å². The van der Waals surface area contributed by atoms with E-state index in [0.717, 1.165) is 43.6 Å². The molecule has 0 spiro atoms. The van der Waals surface area contributed by atoms with Crippen molar-refractivity contribution in [3.05, 3.63) is 42.2 Å². The number of rotatable bonds is 4. The van der Waals surface area contributed by atoms with E-state index in [9.17, 15) is 9.59 Å². The van der Waals surface area contributed by atoms with Gasteiger partial charge in [0.05, 0.1) is 6.20 Å². The van der Waals surface area contributed by atoms with Gasteiger partial charge >= 0.3 is 0 Å². The maximum atomic E-state index is 12.8. The van der Waals surface area contributed by atoms with Gasteiger partial charge in [0.25, 0.3) is 0 Å². The fourth-order valence-electron chi connectivity index (χ4n) is 4.32. The Morgan fingerprint density at radius 2 is 1.93 bits per heavy atom. The van der Waals surface area contributed by atoms with Crippen molar-refractivity contribution < 1.29 is 9.59 Å². The second kappa shape index (κ2) is 7.55. The molecule has 2 amide bonds. The number of H-pyrrole nitrogens is 1. The van der Waals surface area contributed by atoms with Gasteiger partial charge in [-0.05, 0) is 31.7 Å². The quantitative estimate of drug-likeness (QED) is 0.905. The van der Waals surface area contributed by atoms with E-state index in [2.05, 4.69) is 22.3 Å². The minimum absolute atomic E-state index is 0.0802. The van der Waals surface area contributed by atoms with Crippen LogP contribution in [0.2, 0.25) is 0 Å². The summed E-state index contributed by atoms with van der Waals surface area (Å²) in [7, 11) is 0. The predicted molar refractivity (Wildman–Crippen MR) is 103 cm³/mol. The third-order valence-electron chi connectivity index (χ3n) is 5.90. The Kier molecular flexibility index (Phi) is 4.97. The van der Waals surface area contributed by atoms with E-state index in [1.54, 1.807) is 4.90 Å². The Labute approximate surface area is 159 Å². The molecule has 1 atom stereocenters. The van der Waals surface area contributed by atoms with Gasteiger partial charge in [0.1, 0.15) is 6.04 Å². The Morgan fingerprint density at radius 1 is 1.19 bits per heavy atom. The van der Waals surface area contributed by atoms with E-state index in [1.165, 1.54) is 5.56 Å². The number of nitrogens with zero attached hydrogens (tertiary/aromatic N) is 3. The number of piperidine rings is 1. The summed E-state index contributed by atoms with van der Waals surface area (Å²) in [5.41, 5.74) is 3.48. The van der Waals surface area contributed by atoms with Crippen molar-refractivity contribution in [2.24, 2.45) is 0 Å². The average molecular weight is 366 g/mol. The molecule has 2 aliphatic heterocycles. The first-order valence-electron chi connectivity index (χ1n) is 9.82. The Hall–Kier alpha value is -2.63. The molecule has 6 nitrogen and oxygen atoms in total. The fraction of sp³-hybridized carbons (Fsp3) is 0.476. The molecule has 1 unspecified atom stereocenters. The van der Waals surface area contributed by atoms with Gasteiger partial charge in [-0.15, -0.1) is 0 Å². The molecule has 2 aromatic rings. The average Bonchev–Trinajstić information content (AvgIpc) is 3.37. The van der Waals surface area contributed by atoms with Crippen LogP contribution in [0.1, 0.15) is 44.2 Å². The van der Waals surface area contributed by atoms with Gasteiger partial charge in [0.2, 0.25) is 11.8 Å². The molecule has 0 bridgehead atoms. The van der Waals surface area contributed by atoms with Crippen molar-refractivity contribution in [2.75, 3.05) is 19.6 Å². The van der Waals surface area contributed by atoms with Crippen LogP contribution in [0.25, 0.3) is 11.1 Å². The van der Waals surface area contributed by atoms with Crippen molar-refractivity contribution in [1.82, 2.24) is 20.0 Å². The molecule has 3 heterocycles. The van der Waals surface area contributed by atoms with Crippen LogP contribution in [0, 0.1) is 0 Å². The number of hydrogen-bond donors (Lipinski definition) is 1. The minimum atomic E-state index is -0.344. The second-order valence-electron chi connectivity index (χ2n) is 7.53. The predicted octanol–water partition coefficient (Wildman–Crippen LogP) is 2.79. The highest BCUT2D eigenvalue weighted by atomic mass is 16.2. The number of amides is 2. The highest BCUT2D eigenvalue weighted by Crippen LogP contribution is 2.34. The van der Waals surface area contributed by atoms with Crippen LogP contribution in [0.15, 0.2) is 36.5 Å². The largest absolute Gasteiger partial charge is 0.341 e. The lowest BCUT2D eigenvalue weighted by atomic mass is 9.89. The molecule has 1 N–H and O–H groups in total. The first-order valence-corrected chi connectivity index (χ1v) is 9.82. The Balaban J connectivity index is 1.41. The maximum absolute atomic E-state index is 12.8. The maximum Gasteiger partial charge on any atom is 0.245 e. The van der Waals surface area contributed by atoms with E-state index in [1.807, 2.05) is 36.2 Å². The number of aromatic amines is 1. The number of likely N-dealkylation sites (tertiary alicyclic amines) is 2. The van der Waals surface area contributed by atoms with E-state index in [4.69, 9.17) is 0 Å². The summed E-state index contributed by atoms with van der Waals surface area (Å²) in [4.78, 5) is 28.4. The summed E-state index contributed by atoms with van der Waals surface area (Å²) in [5.74, 6) is 0.558. The molecule has 27 heavy (non-hydrogen) atoms. The third kappa shape index (κ3) is 3.48. The zero-order chi connectivity index (χ0) is 18.8. The number of carbonyl (C=O) groups excluding carboxylic acids is 2. The summed E-state index contributed by atoms with van der Waals surface area (Å²) < 4.78 is 0. The van der Waals surface area contributed by atoms with E-state index in [0.29, 0.717) is 18.9 Å². The normalized spacial score (nSPS) is 19.5. The second-order valence-corrected chi connectivity index (χ2v) is 7.53. The molecule has 4 rings (SSSR count). The number of hydrogen-bond acceptors (Lipinski definition) is 3. The van der Waals surface area contributed by atoms with Crippen molar-refractivity contribution >= 4 is 11.8 Å². The van der Waals surface area contributed by atoms with E-state index >= 15 is 0 Å². The van der Waals surface area contributed by atoms with Gasteiger partial charge in [0.15, 0.2) is 0 Å². The fourth-order valence-corrected chi connectivity index (χ4v) is 4.32. The number of carbonyl (C=O) groups is 2. The van der Waals surface area contributed by atoms with Crippen molar-refractivity contribution in [3.63, 3.8) is 0 Å². The summed E-state index contributed by atoms with van der Waals surface area (Å²) in [6.45, 7) is 4.02. The zero-order valence-corrected chi connectivity index (χ0v) is 15.7. The Morgan fingerprint density at radius 3 is 2.59 bits per heavy atom. The van der Waals surface area contributed by atoms with Gasteiger partial charge in [-0.2, -0.15) is 5.10 Å². The number of nitrogens with one attached hydrogen (secondary N) is 1. The summed E-state index contributed by atoms with van der Waals surface area (Å²) in [6, 6.07) is 9.94. The molecule has 2 saturated heterocycles. The molecule has 1 aromatic heterocycles. The lowest BCUT2D eigenvalue weighted by molar-refractivity contribution is -0.143. The molecule has 0 aliphatic carbocycles. The summed E-state index contributed by atoms with van der Waals surface area (Å²) >= 11 is 0. The minimum Gasteiger partial charge on any atom is -0.341 e. The molecule has 142 valence electrons. The van der Waals surface area contributed by atoms with Gasteiger partial charge < -0.3 is 9.80 Å². The molecule has 2 aliphatic rings. The highest BCUT2D eigenvalue weighted by Gasteiger charge is 2.34. The Bertz CT molecular complexity index is 809. The molecule has 1 aromatic carbocycles. The molecular formula is C21H26N4O2. The van der Waals surface area contributed by atoms with Crippen LogP contribution in [-0.2, 0) is 9.59 Å². The van der Waals surface area contributed by atoms with Crippen molar-refractivity contribution in [3.8, 4) is 11.1 Å².